The van der Waals surface area contributed by atoms with Gasteiger partial charge in [-0.1, -0.05) is 63.1 Å². The molecule has 0 aromatic heterocycles. The maximum Gasteiger partial charge on any atom is 0.303 e. The molecule has 124 valence electrons. The molecule has 0 saturated heterocycles. The van der Waals surface area contributed by atoms with E-state index in [9.17, 15) is 4.79 Å². The molecule has 0 aliphatic heterocycles. The Labute approximate surface area is 136 Å². The van der Waals surface area contributed by atoms with Crippen LogP contribution in [0.25, 0.3) is 0 Å². The predicted octanol–water partition coefficient (Wildman–Crippen LogP) is 5.87. The summed E-state index contributed by atoms with van der Waals surface area (Å²) in [5.41, 5.74) is 1.43. The van der Waals surface area contributed by atoms with Crippen molar-refractivity contribution in [3.63, 3.8) is 0 Å². The number of carbonyl (C=O) groups is 1. The van der Waals surface area contributed by atoms with Crippen LogP contribution in [-0.4, -0.2) is 11.1 Å². The minimum Gasteiger partial charge on any atom is -0.481 e. The minimum atomic E-state index is -0.637. The Morgan fingerprint density at radius 3 is 2.32 bits per heavy atom. The third kappa shape index (κ3) is 11.1. The first-order valence-electron chi connectivity index (χ1n) is 8.59. The summed E-state index contributed by atoms with van der Waals surface area (Å²) in [7, 11) is 0. The molecule has 0 radical (unpaired) electrons. The van der Waals surface area contributed by atoms with Crippen LogP contribution in [0.5, 0.6) is 0 Å². The minimum absolute atomic E-state index is 0.389. The van der Waals surface area contributed by atoms with Gasteiger partial charge in [0.15, 0.2) is 0 Å². The van der Waals surface area contributed by atoms with E-state index in [4.69, 9.17) is 5.11 Å². The van der Waals surface area contributed by atoms with Crippen LogP contribution in [0.1, 0.15) is 64.4 Å². The first-order chi connectivity index (χ1) is 10.7. The number of carboxylic acids is 1. The van der Waals surface area contributed by atoms with Crippen LogP contribution in [-0.2, 0) is 11.2 Å². The summed E-state index contributed by atoms with van der Waals surface area (Å²) in [6.45, 7) is 7.69. The molecular weight excluding hydrogens is 272 g/mol. The molecule has 1 aliphatic carbocycles. The van der Waals surface area contributed by atoms with E-state index in [0.717, 1.165) is 19.3 Å². The number of hydrogen-bond donors (Lipinski definition) is 1. The predicted molar refractivity (Wildman–Crippen MR) is 95.1 cm³/mol. The Balaban J connectivity index is 0.000000366. The van der Waals surface area contributed by atoms with E-state index in [2.05, 4.69) is 36.9 Å². The molecule has 1 saturated carbocycles. The molecule has 0 heterocycles. The van der Waals surface area contributed by atoms with Gasteiger partial charge in [0.2, 0.25) is 0 Å². The van der Waals surface area contributed by atoms with Gasteiger partial charge in [-0.15, -0.1) is 6.58 Å². The van der Waals surface area contributed by atoms with Crippen molar-refractivity contribution in [3.05, 3.63) is 48.6 Å². The van der Waals surface area contributed by atoms with Gasteiger partial charge in [0, 0.05) is 6.42 Å². The van der Waals surface area contributed by atoms with Crippen molar-refractivity contribution in [1.82, 2.24) is 0 Å². The molecule has 1 N–H and O–H groups in total. The fraction of sp³-hybridized carbons (Fsp3) is 0.550. The number of allylic oxidation sites excluding steroid dienone is 1. The van der Waals surface area contributed by atoms with Crippen molar-refractivity contribution in [2.45, 2.75) is 65.2 Å². The lowest BCUT2D eigenvalue weighted by atomic mass is 10.1. The molecule has 1 aromatic carbocycles. The molecule has 1 aliphatic rings. The van der Waals surface area contributed by atoms with Gasteiger partial charge in [-0.3, -0.25) is 4.79 Å². The van der Waals surface area contributed by atoms with Gasteiger partial charge in [-0.25, -0.2) is 0 Å². The maximum absolute atomic E-state index is 10.2. The van der Waals surface area contributed by atoms with E-state index in [1.807, 2.05) is 19.9 Å². The first-order valence-corrected chi connectivity index (χ1v) is 8.59. The second-order valence-electron chi connectivity index (χ2n) is 5.41. The third-order valence-electron chi connectivity index (χ3n) is 3.65. The lowest BCUT2D eigenvalue weighted by molar-refractivity contribution is -0.138. The zero-order chi connectivity index (χ0) is 16.6. The molecule has 1 aromatic rings. The molecule has 2 rings (SSSR count). The lowest BCUT2D eigenvalue weighted by Gasteiger charge is -2.01. The van der Waals surface area contributed by atoms with Crippen LogP contribution in [0.2, 0.25) is 0 Å². The van der Waals surface area contributed by atoms with Crippen molar-refractivity contribution in [2.75, 3.05) is 0 Å². The highest BCUT2D eigenvalue weighted by Gasteiger charge is 2.17. The second kappa shape index (κ2) is 14.4. The summed E-state index contributed by atoms with van der Waals surface area (Å²) in [5.74, 6) is -0.149. The van der Waals surface area contributed by atoms with Gasteiger partial charge in [0.1, 0.15) is 0 Å². The van der Waals surface area contributed by atoms with Gasteiger partial charge >= 0.3 is 5.97 Å². The number of rotatable bonds is 6. The zero-order valence-corrected chi connectivity index (χ0v) is 14.3. The molecule has 0 amide bonds. The molecule has 22 heavy (non-hydrogen) atoms. The van der Waals surface area contributed by atoms with E-state index < -0.39 is 5.97 Å². The number of unbranched alkanes of at least 4 members (excludes halogenated alkanes) is 1. The van der Waals surface area contributed by atoms with Crippen LogP contribution in [0.4, 0.5) is 0 Å². The van der Waals surface area contributed by atoms with Crippen molar-refractivity contribution in [3.8, 4) is 0 Å². The second-order valence-corrected chi connectivity index (χ2v) is 5.41. The van der Waals surface area contributed by atoms with Gasteiger partial charge < -0.3 is 5.11 Å². The van der Waals surface area contributed by atoms with Crippen LogP contribution >= 0.6 is 0 Å². The fourth-order valence-corrected chi connectivity index (χ4v) is 2.56. The summed E-state index contributed by atoms with van der Waals surface area (Å²) in [6.07, 6.45) is 10.6. The number of carboxylic acid groups (broad SMARTS) is 1. The normalized spacial score (nSPS) is 13.4. The van der Waals surface area contributed by atoms with E-state index >= 15 is 0 Å². The van der Waals surface area contributed by atoms with Crippen LogP contribution in [0.3, 0.4) is 0 Å². The highest BCUT2D eigenvalue weighted by molar-refractivity contribution is 5.67. The molecule has 2 heteroatoms. The molecule has 0 bridgehead atoms. The summed E-state index contributed by atoms with van der Waals surface area (Å²) in [4.78, 5) is 10.2. The summed E-state index contributed by atoms with van der Waals surface area (Å²) in [5, 5.41) is 8.37. The molecular formula is C20H32O2. The summed E-state index contributed by atoms with van der Waals surface area (Å²) < 4.78 is 0. The van der Waals surface area contributed by atoms with Crippen molar-refractivity contribution < 1.29 is 9.90 Å². The Kier molecular flexibility index (Phi) is 13.3. The molecule has 0 atom stereocenters. The number of benzene rings is 1. The SMILES string of the molecule is C=CCCCc1ccccc1.CC.O=C(O)CC1CCCC1. The van der Waals surface area contributed by atoms with Gasteiger partial charge in [0.05, 0.1) is 0 Å². The molecule has 0 unspecified atom stereocenters. The quantitative estimate of drug-likeness (QED) is 0.527. The number of aliphatic carboxylic acids is 1. The van der Waals surface area contributed by atoms with Crippen LogP contribution in [0, 0.1) is 5.92 Å². The van der Waals surface area contributed by atoms with E-state index in [0.29, 0.717) is 12.3 Å². The number of hydrogen-bond acceptors (Lipinski definition) is 1. The monoisotopic (exact) mass is 304 g/mol. The van der Waals surface area contributed by atoms with Crippen LogP contribution < -0.4 is 0 Å². The Bertz CT molecular complexity index is 378. The zero-order valence-electron chi connectivity index (χ0n) is 14.3. The smallest absolute Gasteiger partial charge is 0.303 e. The van der Waals surface area contributed by atoms with E-state index in [-0.39, 0.29) is 0 Å². The van der Waals surface area contributed by atoms with Crippen molar-refractivity contribution in [1.29, 1.82) is 0 Å². The Morgan fingerprint density at radius 2 is 1.82 bits per heavy atom. The van der Waals surface area contributed by atoms with Gasteiger partial charge in [0.25, 0.3) is 0 Å². The summed E-state index contributed by atoms with van der Waals surface area (Å²) in [6, 6.07) is 10.6. The van der Waals surface area contributed by atoms with Crippen molar-refractivity contribution in [2.24, 2.45) is 5.92 Å². The third-order valence-corrected chi connectivity index (χ3v) is 3.65. The average molecular weight is 304 g/mol. The first kappa shape index (κ1) is 20.4. The largest absolute Gasteiger partial charge is 0.481 e. The topological polar surface area (TPSA) is 37.3 Å². The highest BCUT2D eigenvalue weighted by Crippen LogP contribution is 2.27. The van der Waals surface area contributed by atoms with Gasteiger partial charge in [-0.05, 0) is 43.6 Å². The summed E-state index contributed by atoms with van der Waals surface area (Å²) >= 11 is 0. The maximum atomic E-state index is 10.2. The lowest BCUT2D eigenvalue weighted by Crippen LogP contribution is -2.02. The Hall–Kier alpha value is -1.57. The number of aryl methyl sites for hydroxylation is 1. The van der Waals surface area contributed by atoms with Crippen molar-refractivity contribution >= 4 is 5.97 Å². The molecule has 2 nitrogen and oxygen atoms in total. The standard InChI is InChI=1S/C11H14.C7H12O2.C2H6/c1-2-3-5-8-11-9-6-4-7-10-11;8-7(9)5-6-3-1-2-4-6;1-2/h2,4,6-7,9-10H,1,3,5,8H2;6H,1-5H2,(H,8,9);1-2H3. The van der Waals surface area contributed by atoms with Gasteiger partial charge in [-0.2, -0.15) is 0 Å². The fourth-order valence-electron chi connectivity index (χ4n) is 2.56. The Morgan fingerprint density at radius 1 is 1.23 bits per heavy atom. The van der Waals surface area contributed by atoms with Crippen LogP contribution in [0.15, 0.2) is 43.0 Å². The van der Waals surface area contributed by atoms with E-state index in [1.54, 1.807) is 0 Å². The van der Waals surface area contributed by atoms with E-state index in [1.165, 1.54) is 31.2 Å². The highest BCUT2D eigenvalue weighted by atomic mass is 16.4. The molecule has 1 fully saturated rings. The molecule has 0 spiro atoms. The average Bonchev–Trinajstić information content (AvgIpc) is 3.03.